The van der Waals surface area contributed by atoms with Crippen molar-refractivity contribution < 1.29 is 19.1 Å². The molecule has 7 heteroatoms. The summed E-state index contributed by atoms with van der Waals surface area (Å²) in [5.74, 6) is 0.523. The van der Waals surface area contributed by atoms with Gasteiger partial charge in [-0.25, -0.2) is 10.2 Å². The molecule has 2 aromatic carbocycles. The zero-order valence-electron chi connectivity index (χ0n) is 14.6. The number of nitrogens with zero attached hydrogens (tertiary/aromatic N) is 1. The third-order valence-electron chi connectivity index (χ3n) is 3.51. The van der Waals surface area contributed by atoms with Crippen LogP contribution in [0.2, 0.25) is 0 Å². The van der Waals surface area contributed by atoms with Crippen LogP contribution in [0, 0.1) is 0 Å². The molecule has 0 aliphatic carbocycles. The number of carbonyl (C=O) groups excluding carboxylic acids is 2. The molecule has 0 aliphatic rings. The lowest BCUT2D eigenvalue weighted by Gasteiger charge is -2.09. The van der Waals surface area contributed by atoms with Gasteiger partial charge in [0.25, 0.3) is 0 Å². The fraction of sp³-hybridized carbons (Fsp3) is 0.211. The van der Waals surface area contributed by atoms with E-state index in [1.54, 1.807) is 62.6 Å². The molecule has 0 saturated heterocycles. The largest absolute Gasteiger partial charge is 0.497 e. The van der Waals surface area contributed by atoms with Gasteiger partial charge < -0.3 is 9.47 Å². The van der Waals surface area contributed by atoms with E-state index in [-0.39, 0.29) is 18.8 Å². The number of Topliss-reactive ketones (excluding diaryl/α,β-unsaturated/α-hetero) is 1. The summed E-state index contributed by atoms with van der Waals surface area (Å²) in [6, 6.07) is 14.1. The van der Waals surface area contributed by atoms with Crippen LogP contribution in [0.3, 0.4) is 0 Å². The Bertz CT molecular complexity index is 803. The molecule has 0 aliphatic heterocycles. The first-order chi connectivity index (χ1) is 12.5. The van der Waals surface area contributed by atoms with Crippen molar-refractivity contribution in [3.8, 4) is 5.75 Å². The smallest absolute Gasteiger partial charge is 0.427 e. The summed E-state index contributed by atoms with van der Waals surface area (Å²) in [4.78, 5) is 24.8. The number of hydrazone groups is 1. The molecule has 2 aromatic rings. The third kappa shape index (κ3) is 5.35. The van der Waals surface area contributed by atoms with E-state index in [9.17, 15) is 9.59 Å². The molecule has 0 heterocycles. The number of hydrogen-bond acceptors (Lipinski definition) is 6. The molecule has 2 rings (SSSR count). The number of thiol groups is 1. The maximum atomic E-state index is 12.6. The molecular weight excluding hydrogens is 352 g/mol. The Morgan fingerprint density at radius 2 is 1.81 bits per heavy atom. The van der Waals surface area contributed by atoms with Crippen LogP contribution in [0.1, 0.15) is 29.3 Å². The van der Waals surface area contributed by atoms with Crippen LogP contribution >= 0.6 is 12.6 Å². The molecule has 0 saturated carbocycles. The van der Waals surface area contributed by atoms with Crippen LogP contribution in [0.4, 0.5) is 4.79 Å². The predicted molar refractivity (Wildman–Crippen MR) is 102 cm³/mol. The Morgan fingerprint density at radius 3 is 2.42 bits per heavy atom. The highest BCUT2D eigenvalue weighted by Crippen LogP contribution is 2.18. The van der Waals surface area contributed by atoms with E-state index in [1.165, 1.54) is 0 Å². The van der Waals surface area contributed by atoms with Crippen LogP contribution in [-0.4, -0.2) is 31.3 Å². The lowest BCUT2D eigenvalue weighted by molar-refractivity contribution is 0.0997. The monoisotopic (exact) mass is 372 g/mol. The number of rotatable bonds is 7. The minimum absolute atomic E-state index is 0.00366. The number of amides is 1. The summed E-state index contributed by atoms with van der Waals surface area (Å²) in [5, 5.41) is 4.07. The highest BCUT2D eigenvalue weighted by Gasteiger charge is 2.15. The van der Waals surface area contributed by atoms with Crippen LogP contribution < -0.4 is 10.2 Å². The van der Waals surface area contributed by atoms with Gasteiger partial charge in [0.15, 0.2) is 5.78 Å². The molecule has 0 aromatic heterocycles. The molecule has 0 atom stereocenters. The van der Waals surface area contributed by atoms with Crippen molar-refractivity contribution in [1.82, 2.24) is 5.43 Å². The van der Waals surface area contributed by atoms with E-state index >= 15 is 0 Å². The number of benzene rings is 2. The van der Waals surface area contributed by atoms with Gasteiger partial charge >= 0.3 is 6.09 Å². The van der Waals surface area contributed by atoms with Gasteiger partial charge in [-0.1, -0.05) is 18.2 Å². The molecule has 6 nitrogen and oxygen atoms in total. The maximum Gasteiger partial charge on any atom is 0.427 e. The van der Waals surface area contributed by atoms with E-state index in [4.69, 9.17) is 9.47 Å². The highest BCUT2D eigenvalue weighted by molar-refractivity contribution is 7.80. The molecule has 0 unspecified atom stereocenters. The van der Waals surface area contributed by atoms with E-state index in [2.05, 4.69) is 23.2 Å². The van der Waals surface area contributed by atoms with Gasteiger partial charge in [0.05, 0.1) is 25.8 Å². The number of hydrogen-bond donors (Lipinski definition) is 2. The van der Waals surface area contributed by atoms with Gasteiger partial charge in [0, 0.05) is 10.5 Å². The number of ether oxygens (including phenoxy) is 2. The second-order valence-electron chi connectivity index (χ2n) is 5.24. The van der Waals surface area contributed by atoms with Gasteiger partial charge in [0.2, 0.25) is 0 Å². The number of methoxy groups -OCH3 is 1. The van der Waals surface area contributed by atoms with E-state index < -0.39 is 6.09 Å². The predicted octanol–water partition coefficient (Wildman–Crippen LogP) is 3.71. The maximum absolute atomic E-state index is 12.6. The van der Waals surface area contributed by atoms with Crippen LogP contribution in [0.25, 0.3) is 0 Å². The summed E-state index contributed by atoms with van der Waals surface area (Å²) < 4.78 is 9.94. The first-order valence-corrected chi connectivity index (χ1v) is 8.44. The van der Waals surface area contributed by atoms with Crippen molar-refractivity contribution in [2.45, 2.75) is 18.2 Å². The minimum Gasteiger partial charge on any atom is -0.497 e. The Hall–Kier alpha value is -2.80. The molecule has 1 N–H and O–H groups in total. The molecule has 0 bridgehead atoms. The lowest BCUT2D eigenvalue weighted by Crippen LogP contribution is -2.22. The normalized spacial score (nSPS) is 11.0. The third-order valence-corrected chi connectivity index (χ3v) is 3.90. The summed E-state index contributed by atoms with van der Waals surface area (Å²) in [5.41, 5.74) is 3.89. The molecule has 136 valence electrons. The minimum atomic E-state index is -0.680. The van der Waals surface area contributed by atoms with Gasteiger partial charge in [-0.3, -0.25) is 4.79 Å². The van der Waals surface area contributed by atoms with E-state index in [1.807, 2.05) is 0 Å². The van der Waals surface area contributed by atoms with Gasteiger partial charge in [-0.2, -0.15) is 5.10 Å². The second-order valence-corrected chi connectivity index (χ2v) is 5.72. The standard InChI is InChI=1S/C19H20N2O4S/c1-3-25-19(23)21-20-16(13-8-10-14(24-2)11-9-13)12-17(22)15-6-4-5-7-18(15)26/h4-11,26H,3,12H2,1-2H3,(H,21,23)/b20-16+. The zero-order chi connectivity index (χ0) is 18.9. The number of nitrogens with one attached hydrogen (secondary N) is 1. The van der Waals surface area contributed by atoms with Crippen molar-refractivity contribution in [2.75, 3.05) is 13.7 Å². The van der Waals surface area contributed by atoms with Crippen molar-refractivity contribution in [3.63, 3.8) is 0 Å². The first kappa shape index (κ1) is 19.5. The summed E-state index contributed by atoms with van der Waals surface area (Å²) in [6.07, 6.45) is -0.684. The zero-order valence-corrected chi connectivity index (χ0v) is 15.5. The Kier molecular flexibility index (Phi) is 7.23. The SMILES string of the molecule is CCOC(=O)N/N=C(\CC(=O)c1ccccc1S)c1ccc(OC)cc1. The van der Waals surface area contributed by atoms with Crippen molar-refractivity contribution in [1.29, 1.82) is 0 Å². The fourth-order valence-corrected chi connectivity index (χ4v) is 2.51. The van der Waals surface area contributed by atoms with Crippen LogP contribution in [0.5, 0.6) is 5.75 Å². The topological polar surface area (TPSA) is 77.0 Å². The first-order valence-electron chi connectivity index (χ1n) is 8.00. The van der Waals surface area contributed by atoms with Crippen molar-refractivity contribution >= 4 is 30.2 Å². The second kappa shape index (κ2) is 9.62. The van der Waals surface area contributed by atoms with Crippen LogP contribution in [-0.2, 0) is 4.74 Å². The molecule has 26 heavy (non-hydrogen) atoms. The van der Waals surface area contributed by atoms with Crippen molar-refractivity contribution in [2.24, 2.45) is 5.10 Å². The average molecular weight is 372 g/mol. The summed E-state index contributed by atoms with van der Waals surface area (Å²) >= 11 is 4.32. The average Bonchev–Trinajstić information content (AvgIpc) is 2.65. The van der Waals surface area contributed by atoms with Gasteiger partial charge in [-0.15, -0.1) is 12.6 Å². The van der Waals surface area contributed by atoms with Crippen molar-refractivity contribution in [3.05, 3.63) is 59.7 Å². The quantitative estimate of drug-likeness (QED) is 0.336. The van der Waals surface area contributed by atoms with Gasteiger partial charge in [-0.05, 0) is 42.8 Å². The number of carbonyl (C=O) groups is 2. The molecule has 0 fully saturated rings. The Labute approximate surface area is 157 Å². The Balaban J connectivity index is 2.27. The summed E-state index contributed by atoms with van der Waals surface area (Å²) in [7, 11) is 1.57. The Morgan fingerprint density at radius 1 is 1.12 bits per heavy atom. The number of ketones is 1. The van der Waals surface area contributed by atoms with Crippen LogP contribution in [0.15, 0.2) is 58.5 Å². The van der Waals surface area contributed by atoms with Gasteiger partial charge in [0.1, 0.15) is 5.75 Å². The van der Waals surface area contributed by atoms with E-state index in [0.29, 0.717) is 27.5 Å². The molecule has 0 radical (unpaired) electrons. The molecular formula is C19H20N2O4S. The van der Waals surface area contributed by atoms with E-state index in [0.717, 1.165) is 0 Å². The molecule has 0 spiro atoms. The fourth-order valence-electron chi connectivity index (χ4n) is 2.22. The lowest BCUT2D eigenvalue weighted by atomic mass is 10.0. The highest BCUT2D eigenvalue weighted by atomic mass is 32.1. The summed E-state index contributed by atoms with van der Waals surface area (Å²) in [6.45, 7) is 1.92. The molecule has 1 amide bonds.